The number of hydrogen-bond donors (Lipinski definition) is 2. The smallest absolute Gasteiger partial charge is 0.337 e. The summed E-state index contributed by atoms with van der Waals surface area (Å²) in [4.78, 5) is 38.2. The predicted octanol–water partition coefficient (Wildman–Crippen LogP) is 1.24. The molecule has 1 atom stereocenters. The molecule has 31 heavy (non-hydrogen) atoms. The molecule has 0 radical (unpaired) electrons. The second-order valence-corrected chi connectivity index (χ2v) is 7.27. The number of rotatable bonds is 6. The molecule has 9 nitrogen and oxygen atoms in total. The van der Waals surface area contributed by atoms with Crippen LogP contribution in [0.15, 0.2) is 71.7 Å². The van der Waals surface area contributed by atoms with Crippen molar-refractivity contribution in [2.45, 2.75) is 19.0 Å². The lowest BCUT2D eigenvalue weighted by atomic mass is 10.1. The van der Waals surface area contributed by atoms with Gasteiger partial charge in [-0.1, -0.05) is 42.5 Å². The number of nitrogens with two attached hydrogens (primary N) is 1. The van der Waals surface area contributed by atoms with E-state index in [0.717, 1.165) is 10.1 Å². The molecule has 2 amide bonds. The van der Waals surface area contributed by atoms with Crippen molar-refractivity contribution in [2.75, 3.05) is 0 Å². The number of imidazole rings is 1. The zero-order valence-corrected chi connectivity index (χ0v) is 16.9. The Bertz CT molecular complexity index is 1300. The van der Waals surface area contributed by atoms with Crippen LogP contribution in [0, 0.1) is 0 Å². The number of aryl methyl sites for hydroxylation is 1. The minimum Gasteiger partial charge on any atom is -0.368 e. The summed E-state index contributed by atoms with van der Waals surface area (Å²) in [7, 11) is 1.79. The Hall–Kier alpha value is -4.14. The monoisotopic (exact) mass is 418 g/mol. The first-order valence-electron chi connectivity index (χ1n) is 9.77. The van der Waals surface area contributed by atoms with Crippen LogP contribution in [0.4, 0.5) is 4.79 Å². The van der Waals surface area contributed by atoms with E-state index in [9.17, 15) is 14.4 Å². The maximum Gasteiger partial charge on any atom is 0.337 e. The van der Waals surface area contributed by atoms with Crippen LogP contribution < -0.4 is 16.7 Å². The van der Waals surface area contributed by atoms with Crippen molar-refractivity contribution >= 4 is 23.0 Å². The number of nitrogens with zero attached hydrogens (tertiary/aromatic N) is 4. The molecule has 3 N–H and O–H groups in total. The SMILES string of the molecule is Cn1ccc(Cn2c(=O)n(C(=O)N[C@@H](Cc3ccccc3)C(N)=O)c3ccccc32)n1. The topological polar surface area (TPSA) is 117 Å². The van der Waals surface area contributed by atoms with Gasteiger partial charge in [0.15, 0.2) is 0 Å². The van der Waals surface area contributed by atoms with Crippen LogP contribution in [0.25, 0.3) is 11.0 Å². The zero-order valence-electron chi connectivity index (χ0n) is 16.9. The lowest BCUT2D eigenvalue weighted by Gasteiger charge is -2.15. The minimum atomic E-state index is -0.959. The number of amides is 2. The van der Waals surface area contributed by atoms with Gasteiger partial charge in [0, 0.05) is 19.7 Å². The highest BCUT2D eigenvalue weighted by molar-refractivity contribution is 5.92. The van der Waals surface area contributed by atoms with Crippen LogP contribution in [0.5, 0.6) is 0 Å². The van der Waals surface area contributed by atoms with Gasteiger partial charge in [0.2, 0.25) is 5.91 Å². The van der Waals surface area contributed by atoms with Gasteiger partial charge in [-0.3, -0.25) is 14.0 Å². The van der Waals surface area contributed by atoms with Crippen LogP contribution in [0.3, 0.4) is 0 Å². The standard InChI is InChI=1S/C22H22N6O3/c1-26-12-11-16(25-26)14-27-18-9-5-6-10-19(18)28(22(27)31)21(30)24-17(20(23)29)13-15-7-3-2-4-8-15/h2-12,17H,13-14H2,1H3,(H2,23,29)(H,24,30)/t17-/m0/s1. The number of nitrogens with one attached hydrogen (secondary N) is 1. The van der Waals surface area contributed by atoms with Crippen LogP contribution in [0.1, 0.15) is 11.3 Å². The average molecular weight is 418 g/mol. The molecule has 0 unspecified atom stereocenters. The number of carbonyl (C=O) groups is 2. The average Bonchev–Trinajstić information content (AvgIpc) is 3.29. The number of aromatic nitrogens is 4. The fourth-order valence-electron chi connectivity index (χ4n) is 3.55. The van der Waals surface area contributed by atoms with E-state index in [2.05, 4.69) is 10.4 Å². The Morgan fingerprint density at radius 2 is 1.71 bits per heavy atom. The first kappa shape index (κ1) is 20.1. The molecule has 2 aromatic carbocycles. The number of hydrogen-bond acceptors (Lipinski definition) is 4. The molecule has 0 bridgehead atoms. The second-order valence-electron chi connectivity index (χ2n) is 7.27. The molecule has 2 aromatic heterocycles. The van der Waals surface area contributed by atoms with E-state index < -0.39 is 23.7 Å². The van der Waals surface area contributed by atoms with Gasteiger partial charge in [-0.05, 0) is 23.8 Å². The van der Waals surface area contributed by atoms with Gasteiger partial charge in [0.25, 0.3) is 0 Å². The maximum absolute atomic E-state index is 13.2. The molecule has 158 valence electrons. The van der Waals surface area contributed by atoms with E-state index in [1.165, 1.54) is 4.57 Å². The highest BCUT2D eigenvalue weighted by Gasteiger charge is 2.24. The van der Waals surface area contributed by atoms with Gasteiger partial charge in [-0.25, -0.2) is 14.2 Å². The molecule has 2 heterocycles. The lowest BCUT2D eigenvalue weighted by molar-refractivity contribution is -0.119. The Balaban J connectivity index is 1.68. The summed E-state index contributed by atoms with van der Waals surface area (Å²) in [5, 5.41) is 6.92. The normalized spacial score (nSPS) is 12.0. The van der Waals surface area contributed by atoms with E-state index in [1.807, 2.05) is 36.4 Å². The van der Waals surface area contributed by atoms with Gasteiger partial charge in [0.1, 0.15) is 6.04 Å². The molecule has 0 saturated carbocycles. The summed E-state index contributed by atoms with van der Waals surface area (Å²) < 4.78 is 4.15. The molecule has 0 saturated heterocycles. The number of benzene rings is 2. The van der Waals surface area contributed by atoms with E-state index >= 15 is 0 Å². The van der Waals surface area contributed by atoms with Crippen LogP contribution in [0.2, 0.25) is 0 Å². The molecular weight excluding hydrogens is 396 g/mol. The quantitative estimate of drug-likeness (QED) is 0.490. The highest BCUT2D eigenvalue weighted by Crippen LogP contribution is 2.14. The minimum absolute atomic E-state index is 0.212. The fraction of sp³-hybridized carbons (Fsp3) is 0.182. The van der Waals surface area contributed by atoms with Crippen molar-refractivity contribution in [3.05, 3.63) is 88.6 Å². The van der Waals surface area contributed by atoms with Crippen molar-refractivity contribution in [2.24, 2.45) is 12.8 Å². The van der Waals surface area contributed by atoms with Crippen LogP contribution in [-0.4, -0.2) is 36.9 Å². The molecule has 4 rings (SSSR count). The van der Waals surface area contributed by atoms with Crippen LogP contribution in [-0.2, 0) is 24.8 Å². The molecule has 0 aliphatic carbocycles. The number of primary amides is 1. The summed E-state index contributed by atoms with van der Waals surface area (Å²) in [6.07, 6.45) is 2.01. The summed E-state index contributed by atoms with van der Waals surface area (Å²) in [6, 6.07) is 16.3. The van der Waals surface area contributed by atoms with Crippen molar-refractivity contribution in [1.82, 2.24) is 24.2 Å². The van der Waals surface area contributed by atoms with Crippen molar-refractivity contribution in [3.63, 3.8) is 0 Å². The first-order chi connectivity index (χ1) is 14.9. The molecule has 0 aliphatic heterocycles. The molecule has 4 aromatic rings. The molecule has 0 aliphatic rings. The van der Waals surface area contributed by atoms with Gasteiger partial charge in [-0.2, -0.15) is 5.10 Å². The molecular formula is C22H22N6O3. The predicted molar refractivity (Wildman–Crippen MR) is 116 cm³/mol. The third-order valence-electron chi connectivity index (χ3n) is 5.05. The Labute approximate surface area is 177 Å². The molecule has 9 heteroatoms. The van der Waals surface area contributed by atoms with E-state index in [-0.39, 0.29) is 13.0 Å². The third kappa shape index (κ3) is 4.11. The van der Waals surface area contributed by atoms with Crippen LogP contribution >= 0.6 is 0 Å². The Morgan fingerprint density at radius 1 is 1.03 bits per heavy atom. The largest absolute Gasteiger partial charge is 0.368 e. The number of para-hydroxylation sites is 2. The summed E-state index contributed by atoms with van der Waals surface area (Å²) in [6.45, 7) is 0.212. The Kier molecular flexibility index (Phi) is 5.40. The fourth-order valence-corrected chi connectivity index (χ4v) is 3.55. The van der Waals surface area contributed by atoms with Gasteiger partial charge in [0.05, 0.1) is 23.3 Å². The van der Waals surface area contributed by atoms with Gasteiger partial charge < -0.3 is 11.1 Å². The van der Waals surface area contributed by atoms with Gasteiger partial charge in [-0.15, -0.1) is 0 Å². The summed E-state index contributed by atoms with van der Waals surface area (Å²) in [5.41, 5.74) is 7.55. The van der Waals surface area contributed by atoms with Crippen molar-refractivity contribution < 1.29 is 9.59 Å². The van der Waals surface area contributed by atoms with Crippen molar-refractivity contribution in [1.29, 1.82) is 0 Å². The second kappa shape index (κ2) is 8.31. The zero-order chi connectivity index (χ0) is 22.0. The summed E-state index contributed by atoms with van der Waals surface area (Å²) >= 11 is 0. The number of carbonyl (C=O) groups excluding carboxylic acids is 2. The highest BCUT2D eigenvalue weighted by atomic mass is 16.2. The molecule has 0 fully saturated rings. The van der Waals surface area contributed by atoms with E-state index in [0.29, 0.717) is 16.7 Å². The van der Waals surface area contributed by atoms with Gasteiger partial charge >= 0.3 is 11.7 Å². The van der Waals surface area contributed by atoms with E-state index in [1.54, 1.807) is 42.2 Å². The molecule has 0 spiro atoms. The first-order valence-corrected chi connectivity index (χ1v) is 9.77. The Morgan fingerprint density at radius 3 is 2.35 bits per heavy atom. The lowest BCUT2D eigenvalue weighted by Crippen LogP contribution is -2.49. The van der Waals surface area contributed by atoms with E-state index in [4.69, 9.17) is 5.73 Å². The maximum atomic E-state index is 13.2. The number of fused-ring (bicyclic) bond motifs is 1. The summed E-state index contributed by atoms with van der Waals surface area (Å²) in [5.74, 6) is -0.678. The van der Waals surface area contributed by atoms with Crippen molar-refractivity contribution in [3.8, 4) is 0 Å². The third-order valence-corrected chi connectivity index (χ3v) is 5.05.